The normalized spacial score (nSPS) is 11.2. The van der Waals surface area contributed by atoms with Crippen molar-refractivity contribution >= 4 is 21.7 Å². The summed E-state index contributed by atoms with van der Waals surface area (Å²) in [5.41, 5.74) is 11.8. The van der Waals surface area contributed by atoms with Crippen LogP contribution < -0.4 is 0 Å². The van der Waals surface area contributed by atoms with Crippen LogP contribution in [0.4, 0.5) is 0 Å². The number of aromatic nitrogens is 4. The quantitative estimate of drug-likeness (QED) is 0.196. The number of rotatable bonds is 5. The standard InChI is InChI=1S/C40H26N4/c1-2-7-36-34(4-1)26-43-40-23-33(12-13-37(36)40)32-6-3-5-31(22-32)27-8-10-28(11-9-27)35-24-38(29-14-18-41-19-15-29)44-39(25-35)30-16-20-42-21-17-30/h1-26H. The van der Waals surface area contributed by atoms with E-state index in [1.54, 1.807) is 24.8 Å². The van der Waals surface area contributed by atoms with Crippen LogP contribution in [0.5, 0.6) is 0 Å². The molecular weight excluding hydrogens is 536 g/mol. The van der Waals surface area contributed by atoms with Gasteiger partial charge in [0.25, 0.3) is 0 Å². The van der Waals surface area contributed by atoms with E-state index in [2.05, 4.69) is 113 Å². The molecule has 206 valence electrons. The van der Waals surface area contributed by atoms with Gasteiger partial charge in [-0.2, -0.15) is 0 Å². The van der Waals surface area contributed by atoms with Gasteiger partial charge in [-0.05, 0) is 87.3 Å². The van der Waals surface area contributed by atoms with Gasteiger partial charge in [-0.25, -0.2) is 4.98 Å². The van der Waals surface area contributed by atoms with E-state index in [-0.39, 0.29) is 0 Å². The van der Waals surface area contributed by atoms with Gasteiger partial charge in [-0.1, -0.05) is 78.9 Å². The van der Waals surface area contributed by atoms with Crippen LogP contribution in [-0.2, 0) is 0 Å². The molecule has 0 atom stereocenters. The predicted octanol–water partition coefficient (Wildman–Crippen LogP) is 9.91. The van der Waals surface area contributed by atoms with E-state index in [0.29, 0.717) is 0 Å². The molecule has 0 aliphatic carbocycles. The van der Waals surface area contributed by atoms with Crippen molar-refractivity contribution in [2.45, 2.75) is 0 Å². The Morgan fingerprint density at radius 2 is 0.932 bits per heavy atom. The Bertz CT molecular complexity index is 2200. The minimum Gasteiger partial charge on any atom is -0.265 e. The van der Waals surface area contributed by atoms with Gasteiger partial charge in [-0.15, -0.1) is 0 Å². The maximum Gasteiger partial charge on any atom is 0.0716 e. The van der Waals surface area contributed by atoms with Crippen molar-refractivity contribution < 1.29 is 0 Å². The highest BCUT2D eigenvalue weighted by Gasteiger charge is 2.10. The van der Waals surface area contributed by atoms with E-state index in [1.165, 1.54) is 27.5 Å². The second-order valence-electron chi connectivity index (χ2n) is 10.8. The van der Waals surface area contributed by atoms with Crippen molar-refractivity contribution in [3.05, 3.63) is 158 Å². The van der Waals surface area contributed by atoms with Gasteiger partial charge >= 0.3 is 0 Å². The van der Waals surface area contributed by atoms with Crippen LogP contribution >= 0.6 is 0 Å². The van der Waals surface area contributed by atoms with Gasteiger partial charge in [0, 0.05) is 52.9 Å². The molecule has 0 saturated carbocycles. The lowest BCUT2D eigenvalue weighted by molar-refractivity contribution is 1.27. The van der Waals surface area contributed by atoms with Crippen molar-refractivity contribution in [2.75, 3.05) is 0 Å². The van der Waals surface area contributed by atoms with Gasteiger partial charge in [0.1, 0.15) is 0 Å². The van der Waals surface area contributed by atoms with Gasteiger partial charge < -0.3 is 0 Å². The minimum absolute atomic E-state index is 0.909. The molecular formula is C40H26N4. The number of benzene rings is 4. The first-order chi connectivity index (χ1) is 21.8. The van der Waals surface area contributed by atoms with Crippen molar-refractivity contribution in [2.24, 2.45) is 0 Å². The summed E-state index contributed by atoms with van der Waals surface area (Å²) in [7, 11) is 0. The molecule has 0 N–H and O–H groups in total. The Balaban J connectivity index is 1.14. The molecule has 8 aromatic rings. The molecule has 0 aliphatic rings. The van der Waals surface area contributed by atoms with Crippen molar-refractivity contribution in [3.63, 3.8) is 0 Å². The molecule has 0 aliphatic heterocycles. The van der Waals surface area contributed by atoms with E-state index in [4.69, 9.17) is 9.97 Å². The highest BCUT2D eigenvalue weighted by atomic mass is 14.7. The zero-order valence-electron chi connectivity index (χ0n) is 23.8. The molecule has 8 rings (SSSR count). The van der Waals surface area contributed by atoms with E-state index >= 15 is 0 Å². The Labute approximate surface area is 255 Å². The van der Waals surface area contributed by atoms with E-state index in [0.717, 1.165) is 50.1 Å². The second-order valence-corrected chi connectivity index (χ2v) is 10.8. The summed E-state index contributed by atoms with van der Waals surface area (Å²) in [5.74, 6) is 0. The van der Waals surface area contributed by atoms with Crippen LogP contribution in [0.2, 0.25) is 0 Å². The Morgan fingerprint density at radius 3 is 1.61 bits per heavy atom. The fourth-order valence-corrected chi connectivity index (χ4v) is 5.81. The monoisotopic (exact) mass is 562 g/mol. The molecule has 4 aromatic carbocycles. The number of hydrogen-bond donors (Lipinski definition) is 0. The number of hydrogen-bond acceptors (Lipinski definition) is 4. The third-order valence-corrected chi connectivity index (χ3v) is 8.12. The molecule has 0 radical (unpaired) electrons. The number of nitrogens with zero attached hydrogens (tertiary/aromatic N) is 4. The topological polar surface area (TPSA) is 51.6 Å². The SMILES string of the molecule is c1cc(-c2ccc(-c3cc(-c4ccncc4)nc(-c4ccncc4)c3)cc2)cc(-c2ccc3c(c2)ncc2ccccc23)c1. The Hall–Kier alpha value is -6.00. The summed E-state index contributed by atoms with van der Waals surface area (Å²) in [5, 5.41) is 3.56. The van der Waals surface area contributed by atoms with Crippen LogP contribution in [0.3, 0.4) is 0 Å². The molecule has 4 heteroatoms. The lowest BCUT2D eigenvalue weighted by Crippen LogP contribution is -1.91. The third-order valence-electron chi connectivity index (χ3n) is 8.12. The van der Waals surface area contributed by atoms with Crippen molar-refractivity contribution in [1.29, 1.82) is 0 Å². The lowest BCUT2D eigenvalue weighted by Gasteiger charge is -2.11. The lowest BCUT2D eigenvalue weighted by atomic mass is 9.95. The average Bonchev–Trinajstić information content (AvgIpc) is 3.12. The van der Waals surface area contributed by atoms with Crippen LogP contribution in [0, 0.1) is 0 Å². The molecule has 44 heavy (non-hydrogen) atoms. The smallest absolute Gasteiger partial charge is 0.0716 e. The molecule has 4 aromatic heterocycles. The Morgan fingerprint density at radius 1 is 0.364 bits per heavy atom. The first-order valence-electron chi connectivity index (χ1n) is 14.6. The van der Waals surface area contributed by atoms with Crippen LogP contribution in [0.25, 0.3) is 77.6 Å². The fourth-order valence-electron chi connectivity index (χ4n) is 5.81. The summed E-state index contributed by atoms with van der Waals surface area (Å²) >= 11 is 0. The van der Waals surface area contributed by atoms with Gasteiger partial charge in [-0.3, -0.25) is 15.0 Å². The number of fused-ring (bicyclic) bond motifs is 3. The fraction of sp³-hybridized carbons (Fsp3) is 0. The zero-order chi connectivity index (χ0) is 29.3. The molecule has 0 unspecified atom stereocenters. The predicted molar refractivity (Wildman–Crippen MR) is 180 cm³/mol. The van der Waals surface area contributed by atoms with Gasteiger partial charge in [0.2, 0.25) is 0 Å². The third kappa shape index (κ3) is 4.89. The van der Waals surface area contributed by atoms with E-state index in [1.807, 2.05) is 30.5 Å². The van der Waals surface area contributed by atoms with Crippen LogP contribution in [-0.4, -0.2) is 19.9 Å². The zero-order valence-corrected chi connectivity index (χ0v) is 23.8. The van der Waals surface area contributed by atoms with Gasteiger partial charge in [0.15, 0.2) is 0 Å². The van der Waals surface area contributed by atoms with E-state index in [9.17, 15) is 0 Å². The summed E-state index contributed by atoms with van der Waals surface area (Å²) < 4.78 is 0. The average molecular weight is 563 g/mol. The first kappa shape index (κ1) is 25.7. The molecule has 0 fully saturated rings. The molecule has 0 spiro atoms. The maximum absolute atomic E-state index is 4.98. The van der Waals surface area contributed by atoms with E-state index < -0.39 is 0 Å². The highest BCUT2D eigenvalue weighted by molar-refractivity contribution is 6.06. The molecule has 0 bridgehead atoms. The van der Waals surface area contributed by atoms with Crippen molar-refractivity contribution in [1.82, 2.24) is 19.9 Å². The molecule has 4 heterocycles. The molecule has 4 nitrogen and oxygen atoms in total. The molecule has 0 saturated heterocycles. The highest BCUT2D eigenvalue weighted by Crippen LogP contribution is 2.33. The second kappa shape index (κ2) is 11.0. The summed E-state index contributed by atoms with van der Waals surface area (Å²) in [4.78, 5) is 18.1. The van der Waals surface area contributed by atoms with Gasteiger partial charge in [0.05, 0.1) is 16.9 Å². The largest absolute Gasteiger partial charge is 0.265 e. The van der Waals surface area contributed by atoms with Crippen LogP contribution in [0.15, 0.2) is 158 Å². The summed E-state index contributed by atoms with van der Waals surface area (Å²) in [6, 6.07) is 44.7. The maximum atomic E-state index is 4.98. The Kier molecular flexibility index (Phi) is 6.43. The summed E-state index contributed by atoms with van der Waals surface area (Å²) in [6.07, 6.45) is 9.16. The minimum atomic E-state index is 0.909. The van der Waals surface area contributed by atoms with Crippen LogP contribution in [0.1, 0.15) is 0 Å². The number of pyridine rings is 4. The molecule has 0 amide bonds. The first-order valence-corrected chi connectivity index (χ1v) is 14.6. The van der Waals surface area contributed by atoms with Crippen molar-refractivity contribution in [3.8, 4) is 55.9 Å². The summed E-state index contributed by atoms with van der Waals surface area (Å²) in [6.45, 7) is 0.